The van der Waals surface area contributed by atoms with Gasteiger partial charge in [0.2, 0.25) is 0 Å². The molecule has 1 aromatic carbocycles. The Balaban J connectivity index is 1.87. The van der Waals surface area contributed by atoms with Crippen molar-refractivity contribution in [3.05, 3.63) is 23.8 Å². The smallest absolute Gasteiger partial charge is 0.161 e. The first kappa shape index (κ1) is 13.1. The van der Waals surface area contributed by atoms with E-state index in [9.17, 15) is 5.11 Å². The lowest BCUT2D eigenvalue weighted by atomic mass is 9.92. The monoisotopic (exact) mass is 280 g/mol. The summed E-state index contributed by atoms with van der Waals surface area (Å²) in [5.41, 5.74) is 0.932. The molecule has 0 bridgehead atoms. The maximum absolute atomic E-state index is 10.6. The molecule has 2 unspecified atom stereocenters. The van der Waals surface area contributed by atoms with Crippen LogP contribution in [0.3, 0.4) is 0 Å². The zero-order valence-corrected chi connectivity index (χ0v) is 12.0. The number of rotatable bonds is 2. The zero-order valence-electron chi connectivity index (χ0n) is 11.2. The van der Waals surface area contributed by atoms with Crippen LogP contribution < -0.4 is 9.47 Å². The van der Waals surface area contributed by atoms with E-state index in [-0.39, 0.29) is 4.75 Å². The van der Waals surface area contributed by atoms with Gasteiger partial charge in [-0.25, -0.2) is 0 Å². The molecule has 104 valence electrons. The molecule has 0 radical (unpaired) electrons. The van der Waals surface area contributed by atoms with Gasteiger partial charge in [-0.15, -0.1) is 0 Å². The van der Waals surface area contributed by atoms with E-state index in [4.69, 9.17) is 9.47 Å². The molecule has 1 saturated heterocycles. The first-order valence-corrected chi connectivity index (χ1v) is 7.89. The molecule has 3 nitrogen and oxygen atoms in total. The molecule has 2 aliphatic heterocycles. The standard InChI is InChI=1S/C15H20O3S/c1-15(6-2-9-19-15)14(16)11-4-5-12-13(10-11)18-8-3-7-17-12/h4-5,10,14,16H,2-3,6-9H2,1H3. The predicted octanol–water partition coefficient (Wildman–Crippen LogP) is 3.17. The minimum Gasteiger partial charge on any atom is -0.490 e. The number of aliphatic hydroxyl groups excluding tert-OH is 1. The topological polar surface area (TPSA) is 38.7 Å². The third-order valence-corrected chi connectivity index (χ3v) is 5.49. The highest BCUT2D eigenvalue weighted by molar-refractivity contribution is 8.00. The Morgan fingerprint density at radius 3 is 2.74 bits per heavy atom. The molecule has 19 heavy (non-hydrogen) atoms. The molecule has 3 rings (SSSR count). The number of hydrogen-bond donors (Lipinski definition) is 1. The van der Waals surface area contributed by atoms with Crippen molar-refractivity contribution in [2.75, 3.05) is 19.0 Å². The van der Waals surface area contributed by atoms with E-state index in [0.29, 0.717) is 13.2 Å². The van der Waals surface area contributed by atoms with E-state index >= 15 is 0 Å². The highest BCUT2D eigenvalue weighted by Gasteiger charge is 2.38. The van der Waals surface area contributed by atoms with Crippen LogP contribution in [0, 0.1) is 0 Å². The molecule has 2 atom stereocenters. The molecule has 0 spiro atoms. The number of ether oxygens (including phenoxy) is 2. The van der Waals surface area contributed by atoms with Gasteiger partial charge < -0.3 is 14.6 Å². The van der Waals surface area contributed by atoms with Crippen LogP contribution in [-0.4, -0.2) is 28.8 Å². The third kappa shape index (κ3) is 2.56. The summed E-state index contributed by atoms with van der Waals surface area (Å²) in [4.78, 5) is 0. The summed E-state index contributed by atoms with van der Waals surface area (Å²) in [7, 11) is 0. The number of aliphatic hydroxyl groups is 1. The fraction of sp³-hybridized carbons (Fsp3) is 0.600. The fourth-order valence-corrected chi connectivity index (χ4v) is 4.06. The fourth-order valence-electron chi connectivity index (χ4n) is 2.72. The van der Waals surface area contributed by atoms with Crippen LogP contribution in [0.15, 0.2) is 18.2 Å². The van der Waals surface area contributed by atoms with Crippen molar-refractivity contribution < 1.29 is 14.6 Å². The molecule has 0 saturated carbocycles. The Labute approximate surface area is 118 Å². The number of thioether (sulfide) groups is 1. The Morgan fingerprint density at radius 2 is 2.00 bits per heavy atom. The van der Waals surface area contributed by atoms with Crippen molar-refractivity contribution in [1.82, 2.24) is 0 Å². The second-order valence-corrected chi connectivity index (χ2v) is 7.05. The maximum Gasteiger partial charge on any atom is 0.161 e. The normalized spacial score (nSPS) is 27.9. The molecular formula is C15H20O3S. The first-order valence-electron chi connectivity index (χ1n) is 6.91. The van der Waals surface area contributed by atoms with Crippen LogP contribution in [0.2, 0.25) is 0 Å². The van der Waals surface area contributed by atoms with Crippen LogP contribution in [0.25, 0.3) is 0 Å². The number of hydrogen-bond acceptors (Lipinski definition) is 4. The largest absolute Gasteiger partial charge is 0.490 e. The minimum atomic E-state index is -0.447. The van der Waals surface area contributed by atoms with Gasteiger partial charge in [0, 0.05) is 11.2 Å². The Hall–Kier alpha value is -0.870. The van der Waals surface area contributed by atoms with Gasteiger partial charge in [0.15, 0.2) is 11.5 Å². The van der Waals surface area contributed by atoms with E-state index in [0.717, 1.165) is 35.7 Å². The summed E-state index contributed by atoms with van der Waals surface area (Å²) >= 11 is 1.87. The number of fused-ring (bicyclic) bond motifs is 1. The summed E-state index contributed by atoms with van der Waals surface area (Å²) < 4.78 is 11.2. The predicted molar refractivity (Wildman–Crippen MR) is 77.1 cm³/mol. The second-order valence-electron chi connectivity index (χ2n) is 5.42. The van der Waals surface area contributed by atoms with Crippen LogP contribution >= 0.6 is 11.8 Å². The Kier molecular flexibility index (Phi) is 3.63. The van der Waals surface area contributed by atoms with E-state index in [2.05, 4.69) is 6.92 Å². The molecular weight excluding hydrogens is 260 g/mol. The van der Waals surface area contributed by atoms with Crippen molar-refractivity contribution in [3.63, 3.8) is 0 Å². The Morgan fingerprint density at radius 1 is 1.21 bits per heavy atom. The molecule has 4 heteroatoms. The zero-order chi connectivity index (χ0) is 13.3. The van der Waals surface area contributed by atoms with E-state index in [1.54, 1.807) is 0 Å². The van der Waals surface area contributed by atoms with Gasteiger partial charge in [-0.2, -0.15) is 11.8 Å². The summed E-state index contributed by atoms with van der Waals surface area (Å²) in [6, 6.07) is 5.82. The van der Waals surface area contributed by atoms with E-state index in [1.165, 1.54) is 6.42 Å². The van der Waals surface area contributed by atoms with Crippen molar-refractivity contribution in [2.24, 2.45) is 0 Å². The van der Waals surface area contributed by atoms with Gasteiger partial charge in [-0.1, -0.05) is 6.07 Å². The van der Waals surface area contributed by atoms with Gasteiger partial charge in [0.05, 0.1) is 19.3 Å². The van der Waals surface area contributed by atoms with Crippen LogP contribution in [0.5, 0.6) is 11.5 Å². The van der Waals surface area contributed by atoms with Crippen molar-refractivity contribution in [2.45, 2.75) is 37.0 Å². The van der Waals surface area contributed by atoms with E-state index in [1.807, 2.05) is 30.0 Å². The molecule has 0 amide bonds. The second kappa shape index (κ2) is 5.25. The Bertz CT molecular complexity index is 455. The average Bonchev–Trinajstić information content (AvgIpc) is 2.74. The lowest BCUT2D eigenvalue weighted by molar-refractivity contribution is 0.134. The van der Waals surface area contributed by atoms with Crippen LogP contribution in [-0.2, 0) is 0 Å². The molecule has 2 aliphatic rings. The van der Waals surface area contributed by atoms with E-state index < -0.39 is 6.10 Å². The lowest BCUT2D eigenvalue weighted by Crippen LogP contribution is -2.26. The molecule has 1 N–H and O–H groups in total. The third-order valence-electron chi connectivity index (χ3n) is 3.92. The maximum atomic E-state index is 10.6. The summed E-state index contributed by atoms with van der Waals surface area (Å²) in [6.45, 7) is 3.53. The summed E-state index contributed by atoms with van der Waals surface area (Å²) in [6.07, 6.45) is 2.70. The highest BCUT2D eigenvalue weighted by atomic mass is 32.2. The van der Waals surface area contributed by atoms with Crippen LogP contribution in [0.4, 0.5) is 0 Å². The van der Waals surface area contributed by atoms with Gasteiger partial charge >= 0.3 is 0 Å². The van der Waals surface area contributed by atoms with Crippen molar-refractivity contribution >= 4 is 11.8 Å². The minimum absolute atomic E-state index is 0.0696. The highest BCUT2D eigenvalue weighted by Crippen LogP contribution is 2.47. The molecule has 0 aromatic heterocycles. The first-order chi connectivity index (χ1) is 9.19. The van der Waals surface area contributed by atoms with Gasteiger partial charge in [0.1, 0.15) is 0 Å². The molecule has 1 fully saturated rings. The SMILES string of the molecule is CC1(C(O)c2ccc3c(c2)OCCCO3)CCCS1. The van der Waals surface area contributed by atoms with Gasteiger partial charge in [-0.3, -0.25) is 0 Å². The lowest BCUT2D eigenvalue weighted by Gasteiger charge is -2.29. The average molecular weight is 280 g/mol. The van der Waals surface area contributed by atoms with Crippen molar-refractivity contribution in [1.29, 1.82) is 0 Å². The molecule has 1 aromatic rings. The number of benzene rings is 1. The molecule has 2 heterocycles. The van der Waals surface area contributed by atoms with Gasteiger partial charge in [-0.05, 0) is 43.2 Å². The van der Waals surface area contributed by atoms with Gasteiger partial charge in [0.25, 0.3) is 0 Å². The van der Waals surface area contributed by atoms with Crippen LogP contribution in [0.1, 0.15) is 37.9 Å². The van der Waals surface area contributed by atoms with Crippen molar-refractivity contribution in [3.8, 4) is 11.5 Å². The summed E-state index contributed by atoms with van der Waals surface area (Å²) in [5.74, 6) is 2.69. The molecule has 0 aliphatic carbocycles. The quantitative estimate of drug-likeness (QED) is 0.903. The summed E-state index contributed by atoms with van der Waals surface area (Å²) in [5, 5.41) is 10.6.